The van der Waals surface area contributed by atoms with Crippen molar-refractivity contribution in [3.05, 3.63) is 5.56 Å². The molecule has 1 aromatic heterocycles. The molecule has 0 saturated heterocycles. The molecule has 0 bridgehead atoms. The Balaban J connectivity index is 3.20. The lowest BCUT2D eigenvalue weighted by atomic mass is 10.3. The maximum atomic E-state index is 10.9. The summed E-state index contributed by atoms with van der Waals surface area (Å²) in [4.78, 5) is 10.9. The van der Waals surface area contributed by atoms with Crippen LogP contribution in [0.5, 0.6) is 0 Å². The number of aromatic carboxylic acids is 1. The summed E-state index contributed by atoms with van der Waals surface area (Å²) in [6.45, 7) is 4.39. The fourth-order valence-corrected chi connectivity index (χ4v) is 1.90. The van der Waals surface area contributed by atoms with Gasteiger partial charge in [0.15, 0.2) is 0 Å². The quantitative estimate of drug-likeness (QED) is 0.740. The minimum atomic E-state index is -1.02. The Hall–Kier alpha value is -1.17. The summed E-state index contributed by atoms with van der Waals surface area (Å²) in [6.07, 6.45) is 0. The van der Waals surface area contributed by atoms with Crippen LogP contribution in [0.4, 0.5) is 5.82 Å². The summed E-state index contributed by atoms with van der Waals surface area (Å²) in [6, 6.07) is 0. The lowest BCUT2D eigenvalue weighted by molar-refractivity contribution is 0.0694. The number of nitrogen functional groups attached to an aromatic ring is 1. The van der Waals surface area contributed by atoms with Gasteiger partial charge in [-0.1, -0.05) is 6.92 Å². The number of thioether (sulfide) groups is 1. The molecule has 78 valence electrons. The minimum absolute atomic E-state index is 0.124. The predicted molar refractivity (Wildman–Crippen MR) is 55.7 cm³/mol. The molecule has 14 heavy (non-hydrogen) atoms. The molecule has 6 heteroatoms. The summed E-state index contributed by atoms with van der Waals surface area (Å²) in [7, 11) is 0. The molecular weight excluding hydrogens is 202 g/mol. The number of nitrogens with two attached hydrogens (primary N) is 1. The van der Waals surface area contributed by atoms with Gasteiger partial charge in [-0.3, -0.25) is 0 Å². The van der Waals surface area contributed by atoms with Crippen molar-refractivity contribution in [1.29, 1.82) is 0 Å². The summed E-state index contributed by atoms with van der Waals surface area (Å²) in [5.41, 5.74) is 5.78. The molecule has 0 radical (unpaired) electrons. The molecule has 0 spiro atoms. The smallest absolute Gasteiger partial charge is 0.342 e. The zero-order valence-corrected chi connectivity index (χ0v) is 8.97. The predicted octanol–water partition coefficient (Wildman–Crippen LogP) is 1.30. The number of carboxylic acids is 1. The summed E-state index contributed by atoms with van der Waals surface area (Å²) < 4.78 is 1.50. The maximum absolute atomic E-state index is 10.9. The normalized spacial score (nSPS) is 10.4. The van der Waals surface area contributed by atoms with Crippen molar-refractivity contribution in [2.75, 3.05) is 11.5 Å². The number of rotatable bonds is 4. The Morgan fingerprint density at radius 2 is 2.29 bits per heavy atom. The Kier molecular flexibility index (Phi) is 3.40. The number of anilines is 1. The maximum Gasteiger partial charge on any atom is 0.342 e. The van der Waals surface area contributed by atoms with Crippen molar-refractivity contribution in [3.63, 3.8) is 0 Å². The molecule has 0 amide bonds. The monoisotopic (exact) mass is 215 g/mol. The van der Waals surface area contributed by atoms with E-state index in [-0.39, 0.29) is 11.4 Å². The van der Waals surface area contributed by atoms with E-state index in [1.807, 2.05) is 13.8 Å². The SMILES string of the molecule is CCSc1nn(CC)c(N)c1C(=O)O. The van der Waals surface area contributed by atoms with Gasteiger partial charge in [-0.25, -0.2) is 9.48 Å². The lowest BCUT2D eigenvalue weighted by Crippen LogP contribution is -2.05. The van der Waals surface area contributed by atoms with Gasteiger partial charge >= 0.3 is 5.97 Å². The van der Waals surface area contributed by atoms with Crippen molar-refractivity contribution in [1.82, 2.24) is 9.78 Å². The Morgan fingerprint density at radius 1 is 1.64 bits per heavy atom. The highest BCUT2D eigenvalue weighted by Gasteiger charge is 2.20. The van der Waals surface area contributed by atoms with Crippen LogP contribution >= 0.6 is 11.8 Å². The first-order valence-electron chi connectivity index (χ1n) is 4.34. The van der Waals surface area contributed by atoms with Crippen LogP contribution in [0.3, 0.4) is 0 Å². The number of nitrogens with zero attached hydrogens (tertiary/aromatic N) is 2. The van der Waals surface area contributed by atoms with Crippen LogP contribution in [0.15, 0.2) is 5.03 Å². The van der Waals surface area contributed by atoms with E-state index in [2.05, 4.69) is 5.10 Å². The van der Waals surface area contributed by atoms with Gasteiger partial charge in [0.05, 0.1) is 0 Å². The van der Waals surface area contributed by atoms with Gasteiger partial charge in [0.25, 0.3) is 0 Å². The average molecular weight is 215 g/mol. The van der Waals surface area contributed by atoms with E-state index in [1.54, 1.807) is 0 Å². The van der Waals surface area contributed by atoms with E-state index < -0.39 is 5.97 Å². The van der Waals surface area contributed by atoms with Crippen molar-refractivity contribution >= 4 is 23.5 Å². The third-order valence-corrected chi connectivity index (χ3v) is 2.60. The lowest BCUT2D eigenvalue weighted by Gasteiger charge is -1.97. The average Bonchev–Trinajstić information content (AvgIpc) is 2.43. The van der Waals surface area contributed by atoms with Gasteiger partial charge in [-0.05, 0) is 12.7 Å². The second-order valence-electron chi connectivity index (χ2n) is 2.62. The molecule has 3 N–H and O–H groups in total. The van der Waals surface area contributed by atoms with Crippen LogP contribution in [-0.4, -0.2) is 26.6 Å². The number of aromatic nitrogens is 2. The topological polar surface area (TPSA) is 81.1 Å². The second-order valence-corrected chi connectivity index (χ2v) is 3.87. The molecule has 0 aromatic carbocycles. The van der Waals surface area contributed by atoms with E-state index in [4.69, 9.17) is 10.8 Å². The van der Waals surface area contributed by atoms with Gasteiger partial charge in [-0.15, -0.1) is 11.8 Å². The van der Waals surface area contributed by atoms with Crippen LogP contribution < -0.4 is 5.73 Å². The number of aryl methyl sites for hydroxylation is 1. The molecule has 5 nitrogen and oxygen atoms in total. The minimum Gasteiger partial charge on any atom is -0.477 e. The third-order valence-electron chi connectivity index (χ3n) is 1.75. The molecule has 0 atom stereocenters. The highest BCUT2D eigenvalue weighted by atomic mass is 32.2. The van der Waals surface area contributed by atoms with Crippen molar-refractivity contribution in [2.45, 2.75) is 25.4 Å². The summed E-state index contributed by atoms with van der Waals surface area (Å²) in [5, 5.41) is 13.5. The van der Waals surface area contributed by atoms with Crippen LogP contribution in [-0.2, 0) is 6.54 Å². The zero-order chi connectivity index (χ0) is 10.7. The molecule has 0 aliphatic carbocycles. The Labute approximate surface area is 86.3 Å². The molecule has 0 fully saturated rings. The number of hydrogen-bond donors (Lipinski definition) is 2. The molecule has 0 aliphatic heterocycles. The highest BCUT2D eigenvalue weighted by molar-refractivity contribution is 7.99. The van der Waals surface area contributed by atoms with Crippen molar-refractivity contribution in [2.24, 2.45) is 0 Å². The molecule has 0 saturated carbocycles. The number of carbonyl (C=O) groups is 1. The van der Waals surface area contributed by atoms with E-state index in [0.717, 1.165) is 5.75 Å². The molecule has 1 heterocycles. The van der Waals surface area contributed by atoms with Gasteiger partial charge in [0, 0.05) is 6.54 Å². The van der Waals surface area contributed by atoms with Gasteiger partial charge in [0.2, 0.25) is 0 Å². The Bertz CT molecular complexity index is 349. The standard InChI is InChI=1S/C8H13N3O2S/c1-3-11-6(9)5(8(12)13)7(10-11)14-4-2/h3-4,9H2,1-2H3,(H,12,13). The fourth-order valence-electron chi connectivity index (χ4n) is 1.13. The van der Waals surface area contributed by atoms with Gasteiger partial charge < -0.3 is 10.8 Å². The van der Waals surface area contributed by atoms with Gasteiger partial charge in [-0.2, -0.15) is 5.10 Å². The molecule has 1 aromatic rings. The third kappa shape index (κ3) is 1.84. The molecular formula is C8H13N3O2S. The van der Waals surface area contributed by atoms with Gasteiger partial charge in [0.1, 0.15) is 16.4 Å². The molecule has 1 rings (SSSR count). The molecule has 0 unspecified atom stereocenters. The van der Waals surface area contributed by atoms with E-state index in [1.165, 1.54) is 16.4 Å². The number of carboxylic acid groups (broad SMARTS) is 1. The van der Waals surface area contributed by atoms with Crippen LogP contribution in [0.2, 0.25) is 0 Å². The number of hydrogen-bond acceptors (Lipinski definition) is 4. The highest BCUT2D eigenvalue weighted by Crippen LogP contribution is 2.26. The van der Waals surface area contributed by atoms with Crippen LogP contribution in [0.25, 0.3) is 0 Å². The fraction of sp³-hybridized carbons (Fsp3) is 0.500. The van der Waals surface area contributed by atoms with Crippen LogP contribution in [0, 0.1) is 0 Å². The molecule has 0 aliphatic rings. The van der Waals surface area contributed by atoms with E-state index in [9.17, 15) is 4.79 Å². The first-order chi connectivity index (χ1) is 6.61. The van der Waals surface area contributed by atoms with Crippen molar-refractivity contribution in [3.8, 4) is 0 Å². The second kappa shape index (κ2) is 4.36. The summed E-state index contributed by atoms with van der Waals surface area (Å²) >= 11 is 1.39. The van der Waals surface area contributed by atoms with Crippen molar-refractivity contribution < 1.29 is 9.90 Å². The largest absolute Gasteiger partial charge is 0.477 e. The summed E-state index contributed by atoms with van der Waals surface area (Å²) in [5.74, 6) is -0.00502. The van der Waals surface area contributed by atoms with Crippen LogP contribution in [0.1, 0.15) is 24.2 Å². The van der Waals surface area contributed by atoms with E-state index in [0.29, 0.717) is 11.6 Å². The Morgan fingerprint density at radius 3 is 2.71 bits per heavy atom. The first-order valence-corrected chi connectivity index (χ1v) is 5.32. The first kappa shape index (κ1) is 10.9. The zero-order valence-electron chi connectivity index (χ0n) is 8.15. The van der Waals surface area contributed by atoms with E-state index >= 15 is 0 Å².